The number of aryl methyl sites for hydroxylation is 1. The fourth-order valence-electron chi connectivity index (χ4n) is 4.29. The number of carbonyl (C=O) groups is 2. The Labute approximate surface area is 184 Å². The summed E-state index contributed by atoms with van der Waals surface area (Å²) < 4.78 is 5.67. The van der Waals surface area contributed by atoms with Gasteiger partial charge in [0.15, 0.2) is 0 Å². The van der Waals surface area contributed by atoms with Gasteiger partial charge in [-0.3, -0.25) is 9.59 Å². The van der Waals surface area contributed by atoms with Crippen LogP contribution in [-0.2, 0) is 33.8 Å². The Balaban J connectivity index is 1.42. The topological polar surface area (TPSA) is 75.6 Å². The van der Waals surface area contributed by atoms with Gasteiger partial charge in [-0.2, -0.15) is 0 Å². The summed E-state index contributed by atoms with van der Waals surface area (Å²) in [5.41, 5.74) is 4.01. The molecule has 0 fully saturated rings. The number of carbonyl (C=O) groups excluding carboxylic acids is 2. The van der Waals surface area contributed by atoms with Crippen LogP contribution in [0.15, 0.2) is 42.5 Å². The van der Waals surface area contributed by atoms with Gasteiger partial charge in [-0.15, -0.1) is 0 Å². The van der Waals surface area contributed by atoms with Crippen molar-refractivity contribution in [3.63, 3.8) is 0 Å². The molecule has 1 aliphatic rings. The molecule has 5 nitrogen and oxygen atoms in total. The zero-order valence-corrected chi connectivity index (χ0v) is 18.4. The van der Waals surface area contributed by atoms with E-state index >= 15 is 0 Å². The Kier molecular flexibility index (Phi) is 8.65. The Morgan fingerprint density at radius 3 is 2.71 bits per heavy atom. The highest BCUT2D eigenvalue weighted by molar-refractivity contribution is 5.81. The number of phenols is 1. The van der Waals surface area contributed by atoms with Crippen molar-refractivity contribution in [2.45, 2.75) is 64.4 Å². The lowest BCUT2D eigenvalue weighted by molar-refractivity contribution is -0.119. The average molecular weight is 424 g/mol. The normalized spacial score (nSPS) is 14.9. The van der Waals surface area contributed by atoms with Gasteiger partial charge < -0.3 is 15.2 Å². The van der Waals surface area contributed by atoms with Crippen LogP contribution in [0.5, 0.6) is 5.75 Å². The lowest BCUT2D eigenvalue weighted by atomic mass is 9.93. The molecule has 0 spiro atoms. The second-order valence-electron chi connectivity index (χ2n) is 8.36. The Morgan fingerprint density at radius 2 is 1.94 bits per heavy atom. The molecular weight excluding hydrogens is 390 g/mol. The third-order valence-corrected chi connectivity index (χ3v) is 5.92. The fourth-order valence-corrected chi connectivity index (χ4v) is 4.29. The number of Topliss-reactive ketones (excluding diaryl/α,β-unsaturated/α-hetero) is 1. The van der Waals surface area contributed by atoms with Crippen LogP contribution >= 0.6 is 0 Å². The maximum absolute atomic E-state index is 12.4. The predicted molar refractivity (Wildman–Crippen MR) is 121 cm³/mol. The molecule has 1 atom stereocenters. The number of aromatic hydroxyl groups is 1. The van der Waals surface area contributed by atoms with E-state index in [9.17, 15) is 14.7 Å². The Bertz CT molecular complexity index is 878. The van der Waals surface area contributed by atoms with Crippen LogP contribution in [0, 0.1) is 0 Å². The third-order valence-electron chi connectivity index (χ3n) is 5.92. The highest BCUT2D eigenvalue weighted by atomic mass is 16.5. The molecule has 0 bridgehead atoms. The number of fused-ring (bicyclic) bond motifs is 1. The number of ketones is 1. The number of unbranched alkanes of at least 4 members (excludes halogenated alkanes) is 1. The molecule has 166 valence electrons. The van der Waals surface area contributed by atoms with Crippen LogP contribution in [0.3, 0.4) is 0 Å². The summed E-state index contributed by atoms with van der Waals surface area (Å²) in [6.07, 6.45) is 5.12. The summed E-state index contributed by atoms with van der Waals surface area (Å²) in [7, 11) is 0. The van der Waals surface area contributed by atoms with Gasteiger partial charge in [0.1, 0.15) is 11.5 Å². The fraction of sp³-hybridized carbons (Fsp3) is 0.462. The van der Waals surface area contributed by atoms with Gasteiger partial charge in [0.05, 0.1) is 6.61 Å². The van der Waals surface area contributed by atoms with E-state index in [1.54, 1.807) is 0 Å². The van der Waals surface area contributed by atoms with Gasteiger partial charge >= 0.3 is 0 Å². The number of ether oxygens (including phenoxy) is 1. The highest BCUT2D eigenvalue weighted by Crippen LogP contribution is 2.42. The summed E-state index contributed by atoms with van der Waals surface area (Å²) in [5.74, 6) is 0.624. The van der Waals surface area contributed by atoms with Crippen LogP contribution in [-0.4, -0.2) is 29.9 Å². The third kappa shape index (κ3) is 6.93. The largest absolute Gasteiger partial charge is 0.507 e. The minimum absolute atomic E-state index is 0.0349. The monoisotopic (exact) mass is 423 g/mol. The van der Waals surface area contributed by atoms with Gasteiger partial charge in [0.25, 0.3) is 0 Å². The van der Waals surface area contributed by atoms with E-state index in [0.29, 0.717) is 26.2 Å². The van der Waals surface area contributed by atoms with Gasteiger partial charge in [0, 0.05) is 44.0 Å². The number of phenolic OH excluding ortho intramolecular Hbond substituents is 1. The van der Waals surface area contributed by atoms with Crippen molar-refractivity contribution < 1.29 is 19.4 Å². The molecule has 5 heteroatoms. The van der Waals surface area contributed by atoms with E-state index in [0.717, 1.165) is 54.4 Å². The maximum Gasteiger partial charge on any atom is 0.216 e. The summed E-state index contributed by atoms with van der Waals surface area (Å²) in [6.45, 7) is 3.36. The van der Waals surface area contributed by atoms with Crippen LogP contribution in [0.2, 0.25) is 0 Å². The molecule has 0 aliphatic heterocycles. The van der Waals surface area contributed by atoms with Gasteiger partial charge in [-0.1, -0.05) is 42.5 Å². The van der Waals surface area contributed by atoms with Gasteiger partial charge in [-0.05, 0) is 49.1 Å². The Morgan fingerprint density at radius 1 is 1.13 bits per heavy atom. The number of amides is 1. The standard InChI is InChI=1S/C26H33NO4/c1-19(28)27-15-14-22-11-10-21-12-13-23(26(30)25(21)22)17-24(29)9-5-6-16-31-18-20-7-3-2-4-8-20/h2-4,7-8,12-13,22,30H,5-6,9-11,14-18H2,1H3,(H,27,28). The molecule has 2 aromatic carbocycles. The molecule has 1 unspecified atom stereocenters. The smallest absolute Gasteiger partial charge is 0.216 e. The van der Waals surface area contributed by atoms with Gasteiger partial charge in [-0.25, -0.2) is 0 Å². The van der Waals surface area contributed by atoms with Crippen LogP contribution in [0.1, 0.15) is 67.2 Å². The van der Waals surface area contributed by atoms with Crippen molar-refractivity contribution in [2.24, 2.45) is 0 Å². The van der Waals surface area contributed by atoms with E-state index in [2.05, 4.69) is 5.32 Å². The first-order valence-corrected chi connectivity index (χ1v) is 11.3. The first-order valence-electron chi connectivity index (χ1n) is 11.3. The predicted octanol–water partition coefficient (Wildman–Crippen LogP) is 4.45. The minimum atomic E-state index is -0.0349. The summed E-state index contributed by atoms with van der Waals surface area (Å²) in [6, 6.07) is 14.0. The zero-order valence-electron chi connectivity index (χ0n) is 18.4. The first kappa shape index (κ1) is 23.0. The van der Waals surface area contributed by atoms with Crippen LogP contribution in [0.25, 0.3) is 0 Å². The van der Waals surface area contributed by atoms with Crippen LogP contribution in [0.4, 0.5) is 0 Å². The molecule has 2 N–H and O–H groups in total. The van der Waals surface area contributed by atoms with Crippen molar-refractivity contribution in [3.05, 3.63) is 64.7 Å². The average Bonchev–Trinajstić information content (AvgIpc) is 3.17. The SMILES string of the molecule is CC(=O)NCCC1CCc2ccc(CC(=O)CCCCOCc3ccccc3)c(O)c21. The lowest BCUT2D eigenvalue weighted by Gasteiger charge is -2.16. The molecule has 2 aromatic rings. The van der Waals surface area contributed by atoms with Crippen LogP contribution < -0.4 is 5.32 Å². The molecular formula is C26H33NO4. The van der Waals surface area contributed by atoms with Crippen molar-refractivity contribution in [1.82, 2.24) is 5.32 Å². The summed E-state index contributed by atoms with van der Waals surface area (Å²) in [5, 5.41) is 13.7. The van der Waals surface area contributed by atoms with Crippen molar-refractivity contribution >= 4 is 11.7 Å². The molecule has 31 heavy (non-hydrogen) atoms. The minimum Gasteiger partial charge on any atom is -0.507 e. The molecule has 3 rings (SSSR count). The summed E-state index contributed by atoms with van der Waals surface area (Å²) >= 11 is 0. The van der Waals surface area contributed by atoms with E-state index in [1.165, 1.54) is 6.92 Å². The summed E-state index contributed by atoms with van der Waals surface area (Å²) in [4.78, 5) is 23.6. The second kappa shape index (κ2) is 11.7. The maximum atomic E-state index is 12.4. The quantitative estimate of drug-likeness (QED) is 0.495. The number of hydrogen-bond acceptors (Lipinski definition) is 4. The van der Waals surface area contributed by atoms with E-state index in [4.69, 9.17) is 4.74 Å². The molecule has 0 saturated heterocycles. The van der Waals surface area contributed by atoms with Crippen molar-refractivity contribution in [2.75, 3.05) is 13.2 Å². The first-order chi connectivity index (χ1) is 15.0. The molecule has 0 aromatic heterocycles. The highest BCUT2D eigenvalue weighted by Gasteiger charge is 2.27. The lowest BCUT2D eigenvalue weighted by Crippen LogP contribution is -2.22. The van der Waals surface area contributed by atoms with Crippen molar-refractivity contribution in [3.8, 4) is 5.75 Å². The zero-order chi connectivity index (χ0) is 22.1. The molecule has 0 heterocycles. The van der Waals surface area contributed by atoms with Gasteiger partial charge in [0.2, 0.25) is 5.91 Å². The number of benzene rings is 2. The molecule has 1 amide bonds. The van der Waals surface area contributed by atoms with Crippen molar-refractivity contribution in [1.29, 1.82) is 0 Å². The van der Waals surface area contributed by atoms with E-state index < -0.39 is 0 Å². The van der Waals surface area contributed by atoms with E-state index in [1.807, 2.05) is 42.5 Å². The number of rotatable bonds is 12. The number of hydrogen-bond donors (Lipinski definition) is 2. The second-order valence-corrected chi connectivity index (χ2v) is 8.36. The number of nitrogens with one attached hydrogen (secondary N) is 1. The molecule has 0 radical (unpaired) electrons. The molecule has 1 aliphatic carbocycles. The molecule has 0 saturated carbocycles. The van der Waals surface area contributed by atoms with E-state index in [-0.39, 0.29) is 29.8 Å². The Hall–Kier alpha value is -2.66.